The maximum Gasteiger partial charge on any atom is 0.415 e. The van der Waals surface area contributed by atoms with E-state index in [0.29, 0.717) is 18.2 Å². The quantitative estimate of drug-likeness (QED) is 0.618. The molecule has 1 amide bonds. The Morgan fingerprint density at radius 2 is 1.75 bits per heavy atom. The summed E-state index contributed by atoms with van der Waals surface area (Å²) >= 11 is 5.99. The van der Waals surface area contributed by atoms with Crippen LogP contribution in [0.4, 0.5) is 10.5 Å². The number of hydrogen-bond donors (Lipinski definition) is 0. The minimum Gasteiger partial charge on any atom is -0.492 e. The molecule has 3 fully saturated rings. The van der Waals surface area contributed by atoms with Crippen LogP contribution < -0.4 is 9.64 Å². The normalized spacial score (nSPS) is 23.9. The number of likely N-dealkylation sites (tertiary alicyclic amines) is 2. The molecule has 0 aliphatic carbocycles. The molecular weight excluding hydrogens is 426 g/mol. The van der Waals surface area contributed by atoms with Crippen LogP contribution in [0.3, 0.4) is 0 Å². The van der Waals surface area contributed by atoms with E-state index in [9.17, 15) is 4.79 Å². The van der Waals surface area contributed by atoms with Gasteiger partial charge >= 0.3 is 6.09 Å². The van der Waals surface area contributed by atoms with Crippen molar-refractivity contribution >= 4 is 23.4 Å². The van der Waals surface area contributed by atoms with E-state index in [2.05, 4.69) is 28.0 Å². The Bertz CT molecular complexity index is 948. The summed E-state index contributed by atoms with van der Waals surface area (Å²) in [6.45, 7) is 7.05. The molecule has 1 spiro atoms. The van der Waals surface area contributed by atoms with Gasteiger partial charge in [-0.05, 0) is 56.3 Å². The number of carbonyl (C=O) groups is 1. The molecule has 5 rings (SSSR count). The van der Waals surface area contributed by atoms with E-state index in [1.807, 2.05) is 18.2 Å². The molecule has 170 valence electrons. The van der Waals surface area contributed by atoms with E-state index in [0.717, 1.165) is 44.0 Å². The summed E-state index contributed by atoms with van der Waals surface area (Å²) in [5.41, 5.74) is 1.55. The number of halogens is 1. The highest BCUT2D eigenvalue weighted by Crippen LogP contribution is 2.36. The molecule has 3 heterocycles. The van der Waals surface area contributed by atoms with Crippen molar-refractivity contribution in [2.24, 2.45) is 0 Å². The van der Waals surface area contributed by atoms with Crippen LogP contribution in [0.2, 0.25) is 5.02 Å². The summed E-state index contributed by atoms with van der Waals surface area (Å²) < 4.78 is 12.1. The van der Waals surface area contributed by atoms with Crippen LogP contribution in [0.1, 0.15) is 24.8 Å². The van der Waals surface area contributed by atoms with E-state index < -0.39 is 5.60 Å². The number of carbonyl (C=O) groups excluding carboxylic acids is 1. The Kier molecular flexibility index (Phi) is 6.26. The van der Waals surface area contributed by atoms with Gasteiger partial charge in [0.15, 0.2) is 0 Å². The highest BCUT2D eigenvalue weighted by atomic mass is 35.5. The van der Waals surface area contributed by atoms with E-state index in [4.69, 9.17) is 21.1 Å². The van der Waals surface area contributed by atoms with Crippen LogP contribution in [0, 0.1) is 0 Å². The average molecular weight is 456 g/mol. The van der Waals surface area contributed by atoms with Gasteiger partial charge < -0.3 is 9.47 Å². The average Bonchev–Trinajstić information content (AvgIpc) is 3.51. The van der Waals surface area contributed by atoms with E-state index in [1.54, 1.807) is 17.0 Å². The van der Waals surface area contributed by atoms with Gasteiger partial charge in [-0.1, -0.05) is 29.8 Å². The van der Waals surface area contributed by atoms with Crippen molar-refractivity contribution in [1.82, 2.24) is 9.80 Å². The van der Waals surface area contributed by atoms with Gasteiger partial charge in [0, 0.05) is 48.9 Å². The van der Waals surface area contributed by atoms with Crippen LogP contribution in [0.15, 0.2) is 48.5 Å². The molecule has 0 unspecified atom stereocenters. The van der Waals surface area contributed by atoms with Gasteiger partial charge in [-0.2, -0.15) is 0 Å². The zero-order chi connectivity index (χ0) is 22.0. The molecule has 0 aromatic heterocycles. The lowest BCUT2D eigenvalue weighted by molar-refractivity contribution is 0.0628. The monoisotopic (exact) mass is 455 g/mol. The second kappa shape index (κ2) is 9.30. The molecular formula is C25H30ClN3O3. The predicted octanol–water partition coefficient (Wildman–Crippen LogP) is 4.42. The fourth-order valence-electron chi connectivity index (χ4n) is 5.02. The number of anilines is 1. The first-order valence-corrected chi connectivity index (χ1v) is 11.9. The first-order chi connectivity index (χ1) is 15.6. The van der Waals surface area contributed by atoms with Gasteiger partial charge in [0.25, 0.3) is 0 Å². The zero-order valence-corrected chi connectivity index (χ0v) is 19.1. The number of benzene rings is 2. The molecule has 1 atom stereocenters. The smallest absolute Gasteiger partial charge is 0.415 e. The largest absolute Gasteiger partial charge is 0.492 e. The van der Waals surface area contributed by atoms with Crippen LogP contribution in [-0.2, 0) is 11.3 Å². The molecule has 6 nitrogen and oxygen atoms in total. The van der Waals surface area contributed by atoms with Gasteiger partial charge in [-0.25, -0.2) is 4.79 Å². The molecule has 3 aliphatic rings. The maximum atomic E-state index is 12.6. The summed E-state index contributed by atoms with van der Waals surface area (Å²) in [5, 5.41) is 0.657. The number of amides is 1. The molecule has 7 heteroatoms. The highest BCUT2D eigenvalue weighted by molar-refractivity contribution is 6.30. The zero-order valence-electron chi connectivity index (χ0n) is 18.3. The SMILES string of the molecule is O=C1O[C@]2(CCN(Cc3ccccc3OCCN3CCCC3)C2)CN1c1ccc(Cl)cc1. The minimum atomic E-state index is -0.456. The summed E-state index contributed by atoms with van der Waals surface area (Å²) in [6, 6.07) is 15.6. The fourth-order valence-corrected chi connectivity index (χ4v) is 5.15. The van der Waals surface area contributed by atoms with Crippen molar-refractivity contribution in [2.45, 2.75) is 31.4 Å². The molecule has 3 aliphatic heterocycles. The van der Waals surface area contributed by atoms with Crippen molar-refractivity contribution in [3.05, 3.63) is 59.1 Å². The Hall–Kier alpha value is -2.28. The van der Waals surface area contributed by atoms with Gasteiger partial charge in [-0.15, -0.1) is 0 Å². The Morgan fingerprint density at radius 3 is 2.56 bits per heavy atom. The molecule has 32 heavy (non-hydrogen) atoms. The third-order valence-electron chi connectivity index (χ3n) is 6.73. The van der Waals surface area contributed by atoms with Crippen molar-refractivity contribution in [1.29, 1.82) is 0 Å². The lowest BCUT2D eigenvalue weighted by Crippen LogP contribution is -2.37. The van der Waals surface area contributed by atoms with E-state index in [-0.39, 0.29) is 6.09 Å². The number of ether oxygens (including phenoxy) is 2. The van der Waals surface area contributed by atoms with Gasteiger partial charge in [0.05, 0.1) is 6.54 Å². The van der Waals surface area contributed by atoms with Crippen LogP contribution in [-0.4, -0.2) is 67.4 Å². The van der Waals surface area contributed by atoms with Crippen LogP contribution in [0.25, 0.3) is 0 Å². The van der Waals surface area contributed by atoms with Crippen LogP contribution in [0.5, 0.6) is 5.75 Å². The fraction of sp³-hybridized carbons (Fsp3) is 0.480. The van der Waals surface area contributed by atoms with Gasteiger partial charge in [0.1, 0.15) is 18.0 Å². The first kappa shape index (κ1) is 21.6. The minimum absolute atomic E-state index is 0.278. The molecule has 3 saturated heterocycles. The Morgan fingerprint density at radius 1 is 0.969 bits per heavy atom. The second-order valence-electron chi connectivity index (χ2n) is 9.08. The Labute approximate surface area is 194 Å². The number of para-hydroxylation sites is 1. The summed E-state index contributed by atoms with van der Waals surface area (Å²) in [4.78, 5) is 19.1. The van der Waals surface area contributed by atoms with E-state index >= 15 is 0 Å². The molecule has 0 saturated carbocycles. The van der Waals surface area contributed by atoms with Crippen molar-refractivity contribution in [3.63, 3.8) is 0 Å². The summed E-state index contributed by atoms with van der Waals surface area (Å²) in [5.74, 6) is 0.957. The third-order valence-corrected chi connectivity index (χ3v) is 6.99. The number of hydrogen-bond acceptors (Lipinski definition) is 5. The maximum absolute atomic E-state index is 12.6. The molecule has 0 bridgehead atoms. The first-order valence-electron chi connectivity index (χ1n) is 11.5. The summed E-state index contributed by atoms with van der Waals surface area (Å²) in [7, 11) is 0. The summed E-state index contributed by atoms with van der Waals surface area (Å²) in [6.07, 6.45) is 3.15. The van der Waals surface area contributed by atoms with Crippen molar-refractivity contribution in [3.8, 4) is 5.75 Å². The second-order valence-corrected chi connectivity index (χ2v) is 9.52. The standard InChI is InChI=1S/C25H30ClN3O3/c26-21-7-9-22(10-8-21)29-19-25(32-24(29)30)11-14-28(18-25)17-20-5-1-2-6-23(20)31-16-15-27-12-3-4-13-27/h1-2,5-10H,3-4,11-19H2/t25-/m0/s1. The number of nitrogens with zero attached hydrogens (tertiary/aromatic N) is 3. The molecule has 0 N–H and O–H groups in total. The lowest BCUT2D eigenvalue weighted by Gasteiger charge is -2.23. The molecule has 2 aromatic carbocycles. The van der Waals surface area contributed by atoms with Crippen LogP contribution >= 0.6 is 11.6 Å². The third kappa shape index (κ3) is 4.72. The van der Waals surface area contributed by atoms with E-state index in [1.165, 1.54) is 31.5 Å². The Balaban J connectivity index is 1.19. The van der Waals surface area contributed by atoms with Gasteiger partial charge in [0.2, 0.25) is 0 Å². The number of rotatable bonds is 7. The van der Waals surface area contributed by atoms with Crippen molar-refractivity contribution < 1.29 is 14.3 Å². The molecule has 0 radical (unpaired) electrons. The van der Waals surface area contributed by atoms with Crippen molar-refractivity contribution in [2.75, 3.05) is 50.8 Å². The molecule has 2 aromatic rings. The highest BCUT2D eigenvalue weighted by Gasteiger charge is 2.50. The predicted molar refractivity (Wildman–Crippen MR) is 126 cm³/mol. The topological polar surface area (TPSA) is 45.2 Å². The van der Waals surface area contributed by atoms with Gasteiger partial charge in [-0.3, -0.25) is 14.7 Å². The lowest BCUT2D eigenvalue weighted by atomic mass is 10.0.